The summed E-state index contributed by atoms with van der Waals surface area (Å²) in [6.07, 6.45) is -0.991. The summed E-state index contributed by atoms with van der Waals surface area (Å²) in [7, 11) is 0. The van der Waals surface area contributed by atoms with Gasteiger partial charge in [-0.2, -0.15) is 0 Å². The summed E-state index contributed by atoms with van der Waals surface area (Å²) >= 11 is 5.79. The highest BCUT2D eigenvalue weighted by Crippen LogP contribution is 2.20. The summed E-state index contributed by atoms with van der Waals surface area (Å²) in [4.78, 5) is 24.0. The lowest BCUT2D eigenvalue weighted by atomic mass is 10.2. The number of amides is 1. The van der Waals surface area contributed by atoms with Gasteiger partial charge in [0.1, 0.15) is 5.82 Å². The van der Waals surface area contributed by atoms with Crippen LogP contribution in [0.5, 0.6) is 0 Å². The number of hydrogen-bond acceptors (Lipinski definition) is 4. The lowest BCUT2D eigenvalue weighted by Crippen LogP contribution is -2.35. The second kappa shape index (κ2) is 7.79. The van der Waals surface area contributed by atoms with Crippen LogP contribution in [-0.2, 0) is 16.1 Å². The summed E-state index contributed by atoms with van der Waals surface area (Å²) in [5.41, 5.74) is 6.81. The fourth-order valence-corrected chi connectivity index (χ4v) is 2.01. The first-order chi connectivity index (χ1) is 11.4. The topological polar surface area (TPSA) is 81.4 Å². The van der Waals surface area contributed by atoms with E-state index >= 15 is 0 Å². The first kappa shape index (κ1) is 17.7. The molecule has 5 nitrogen and oxygen atoms in total. The summed E-state index contributed by atoms with van der Waals surface area (Å²) in [5.74, 6) is -1.49. The molecule has 0 spiro atoms. The van der Waals surface area contributed by atoms with Gasteiger partial charge in [0.05, 0.1) is 16.3 Å². The molecule has 1 amide bonds. The van der Waals surface area contributed by atoms with Gasteiger partial charge in [-0.15, -0.1) is 0 Å². The number of rotatable bonds is 5. The highest BCUT2D eigenvalue weighted by molar-refractivity contribution is 6.33. The molecule has 0 radical (unpaired) electrons. The van der Waals surface area contributed by atoms with Crippen LogP contribution < -0.4 is 11.1 Å². The molecule has 2 rings (SSSR count). The second-order valence-electron chi connectivity index (χ2n) is 5.13. The van der Waals surface area contributed by atoms with Gasteiger partial charge in [0.2, 0.25) is 0 Å². The van der Waals surface area contributed by atoms with Crippen LogP contribution in [0.3, 0.4) is 0 Å². The van der Waals surface area contributed by atoms with Crippen molar-refractivity contribution < 1.29 is 18.7 Å². The molecule has 2 aromatic carbocycles. The van der Waals surface area contributed by atoms with Gasteiger partial charge >= 0.3 is 5.97 Å². The van der Waals surface area contributed by atoms with Gasteiger partial charge in [-0.1, -0.05) is 23.7 Å². The van der Waals surface area contributed by atoms with E-state index in [1.807, 2.05) is 0 Å². The van der Waals surface area contributed by atoms with E-state index in [1.165, 1.54) is 37.3 Å². The molecule has 0 aliphatic carbocycles. The normalized spacial score (nSPS) is 11.6. The predicted octanol–water partition coefficient (Wildman–Crippen LogP) is 2.92. The Labute approximate surface area is 143 Å². The van der Waals surface area contributed by atoms with E-state index in [4.69, 9.17) is 22.1 Å². The van der Waals surface area contributed by atoms with Crippen molar-refractivity contribution >= 4 is 29.2 Å². The summed E-state index contributed by atoms with van der Waals surface area (Å²) in [6.45, 7) is 1.66. The number of carbonyl (C=O) groups excluding carboxylic acids is 2. The first-order valence-electron chi connectivity index (χ1n) is 7.15. The molecule has 0 saturated carbocycles. The number of carbonyl (C=O) groups is 2. The third kappa shape index (κ3) is 4.70. The Hall–Kier alpha value is -2.60. The summed E-state index contributed by atoms with van der Waals surface area (Å²) < 4.78 is 17.9. The quantitative estimate of drug-likeness (QED) is 0.641. The highest BCUT2D eigenvalue weighted by Gasteiger charge is 2.19. The molecular weight excluding hydrogens is 335 g/mol. The summed E-state index contributed by atoms with van der Waals surface area (Å²) in [6, 6.07) is 10.0. The van der Waals surface area contributed by atoms with E-state index in [9.17, 15) is 14.0 Å². The van der Waals surface area contributed by atoms with Crippen LogP contribution in [0.1, 0.15) is 22.8 Å². The van der Waals surface area contributed by atoms with Gasteiger partial charge in [0.25, 0.3) is 5.91 Å². The maximum Gasteiger partial charge on any atom is 0.338 e. The molecule has 0 aromatic heterocycles. The maximum absolute atomic E-state index is 12.8. The lowest BCUT2D eigenvalue weighted by molar-refractivity contribution is -0.129. The number of anilines is 1. The lowest BCUT2D eigenvalue weighted by Gasteiger charge is -2.14. The number of halogens is 2. The van der Waals surface area contributed by atoms with Crippen LogP contribution in [0.2, 0.25) is 5.02 Å². The van der Waals surface area contributed by atoms with E-state index in [-0.39, 0.29) is 23.6 Å². The van der Waals surface area contributed by atoms with Crippen molar-refractivity contribution in [3.63, 3.8) is 0 Å². The molecule has 0 heterocycles. The zero-order valence-corrected chi connectivity index (χ0v) is 13.6. The van der Waals surface area contributed by atoms with E-state index in [0.717, 1.165) is 5.56 Å². The molecule has 3 N–H and O–H groups in total. The number of nitrogens with two attached hydrogens (primary N) is 1. The highest BCUT2D eigenvalue weighted by atomic mass is 35.5. The molecule has 0 saturated heterocycles. The van der Waals surface area contributed by atoms with Gasteiger partial charge < -0.3 is 15.8 Å². The van der Waals surface area contributed by atoms with Crippen molar-refractivity contribution in [3.8, 4) is 0 Å². The number of benzene rings is 2. The van der Waals surface area contributed by atoms with Crippen molar-refractivity contribution in [1.82, 2.24) is 5.32 Å². The Balaban J connectivity index is 1.89. The minimum atomic E-state index is -0.991. The van der Waals surface area contributed by atoms with Crippen molar-refractivity contribution in [1.29, 1.82) is 0 Å². The smallest absolute Gasteiger partial charge is 0.338 e. The molecule has 0 bridgehead atoms. The van der Waals surface area contributed by atoms with Crippen LogP contribution in [0.15, 0.2) is 42.5 Å². The Morgan fingerprint density at radius 1 is 1.25 bits per heavy atom. The van der Waals surface area contributed by atoms with Gasteiger partial charge in [-0.3, -0.25) is 4.79 Å². The minimum Gasteiger partial charge on any atom is -0.449 e. The Bertz CT molecular complexity index is 750. The van der Waals surface area contributed by atoms with Crippen molar-refractivity contribution in [2.75, 3.05) is 5.73 Å². The number of esters is 1. The van der Waals surface area contributed by atoms with Crippen molar-refractivity contribution in [2.45, 2.75) is 19.6 Å². The minimum absolute atomic E-state index is 0.203. The Morgan fingerprint density at radius 2 is 1.92 bits per heavy atom. The fourth-order valence-electron chi connectivity index (χ4n) is 1.89. The van der Waals surface area contributed by atoms with Crippen molar-refractivity contribution in [2.24, 2.45) is 0 Å². The average molecular weight is 351 g/mol. The van der Waals surface area contributed by atoms with E-state index in [0.29, 0.717) is 5.02 Å². The van der Waals surface area contributed by atoms with Gasteiger partial charge in [0.15, 0.2) is 6.10 Å². The third-order valence-electron chi connectivity index (χ3n) is 3.26. The maximum atomic E-state index is 12.8. The van der Waals surface area contributed by atoms with Crippen LogP contribution >= 0.6 is 11.6 Å². The molecule has 7 heteroatoms. The third-order valence-corrected chi connectivity index (χ3v) is 3.61. The fraction of sp³-hybridized carbons (Fsp3) is 0.176. The number of hydrogen-bond donors (Lipinski definition) is 2. The predicted molar refractivity (Wildman–Crippen MR) is 89.0 cm³/mol. The molecule has 126 valence electrons. The molecule has 2 aromatic rings. The van der Waals surface area contributed by atoms with Crippen LogP contribution in [0.4, 0.5) is 10.1 Å². The molecule has 0 fully saturated rings. The number of nitrogens with one attached hydrogen (secondary N) is 1. The zero-order chi connectivity index (χ0) is 17.7. The molecule has 24 heavy (non-hydrogen) atoms. The molecule has 0 aliphatic rings. The SMILES string of the molecule is CC(OC(=O)c1ccc(Cl)c(N)c1)C(=O)NCc1ccc(F)cc1. The van der Waals surface area contributed by atoms with Crippen LogP contribution in [-0.4, -0.2) is 18.0 Å². The molecule has 1 atom stereocenters. The summed E-state index contributed by atoms with van der Waals surface area (Å²) in [5, 5.41) is 2.94. The van der Waals surface area contributed by atoms with E-state index in [2.05, 4.69) is 5.32 Å². The second-order valence-corrected chi connectivity index (χ2v) is 5.54. The molecule has 1 unspecified atom stereocenters. The number of ether oxygens (including phenoxy) is 1. The molecular formula is C17H16ClFN2O3. The van der Waals surface area contributed by atoms with Gasteiger partial charge in [-0.25, -0.2) is 9.18 Å². The van der Waals surface area contributed by atoms with Crippen LogP contribution in [0.25, 0.3) is 0 Å². The largest absolute Gasteiger partial charge is 0.449 e. The van der Waals surface area contributed by atoms with E-state index < -0.39 is 18.0 Å². The monoisotopic (exact) mass is 350 g/mol. The number of nitrogen functional groups attached to an aromatic ring is 1. The Kier molecular flexibility index (Phi) is 5.76. The average Bonchev–Trinajstić information content (AvgIpc) is 2.56. The molecule has 0 aliphatic heterocycles. The first-order valence-corrected chi connectivity index (χ1v) is 7.53. The van der Waals surface area contributed by atoms with Gasteiger partial charge in [-0.05, 0) is 42.8 Å². The van der Waals surface area contributed by atoms with Crippen LogP contribution in [0, 0.1) is 5.82 Å². The Morgan fingerprint density at radius 3 is 2.54 bits per heavy atom. The zero-order valence-electron chi connectivity index (χ0n) is 12.9. The van der Waals surface area contributed by atoms with Gasteiger partial charge in [0, 0.05) is 6.54 Å². The van der Waals surface area contributed by atoms with E-state index in [1.54, 1.807) is 12.1 Å². The van der Waals surface area contributed by atoms with Crippen molar-refractivity contribution in [3.05, 3.63) is 64.4 Å². The standard InChI is InChI=1S/C17H16ClFN2O3/c1-10(16(22)21-9-11-2-5-13(19)6-3-11)24-17(23)12-4-7-14(18)15(20)8-12/h2-8,10H,9,20H2,1H3,(H,21,22).